The van der Waals surface area contributed by atoms with Crippen molar-refractivity contribution in [3.63, 3.8) is 0 Å². The maximum absolute atomic E-state index is 12.0. The van der Waals surface area contributed by atoms with Crippen LogP contribution in [0.15, 0.2) is 42.5 Å². The van der Waals surface area contributed by atoms with Gasteiger partial charge in [-0.2, -0.15) is 0 Å². The van der Waals surface area contributed by atoms with Gasteiger partial charge >= 0.3 is 0 Å². The van der Waals surface area contributed by atoms with Crippen molar-refractivity contribution in [2.24, 2.45) is 0 Å². The molecule has 0 fully saturated rings. The van der Waals surface area contributed by atoms with Crippen LogP contribution in [0.2, 0.25) is 0 Å². The number of rotatable bonds is 6. The molecule has 24 heavy (non-hydrogen) atoms. The maximum Gasteiger partial charge on any atom is 0.243 e. The van der Waals surface area contributed by atoms with Crippen LogP contribution in [0.4, 0.5) is 17.1 Å². The first-order valence-electron chi connectivity index (χ1n) is 7.98. The van der Waals surface area contributed by atoms with Gasteiger partial charge in [0.2, 0.25) is 11.8 Å². The minimum absolute atomic E-state index is 0.0376. The molecule has 0 aliphatic heterocycles. The summed E-state index contributed by atoms with van der Waals surface area (Å²) in [6, 6.07) is 13.2. The molecule has 0 atom stereocenters. The van der Waals surface area contributed by atoms with Gasteiger partial charge in [-0.1, -0.05) is 13.0 Å². The Labute approximate surface area is 142 Å². The highest BCUT2D eigenvalue weighted by Crippen LogP contribution is 2.15. The molecule has 126 valence electrons. The monoisotopic (exact) mass is 325 g/mol. The van der Waals surface area contributed by atoms with E-state index in [-0.39, 0.29) is 18.4 Å². The van der Waals surface area contributed by atoms with E-state index in [1.54, 1.807) is 31.2 Å². The minimum Gasteiger partial charge on any atom is -0.376 e. The molecule has 0 spiro atoms. The summed E-state index contributed by atoms with van der Waals surface area (Å²) in [6.07, 6.45) is 0.433. The molecule has 0 heterocycles. The number of anilines is 3. The molecule has 0 saturated heterocycles. The maximum atomic E-state index is 12.0. The largest absolute Gasteiger partial charge is 0.376 e. The SMILES string of the molecule is CCC(=O)Nc1ccc(NC(=O)CNc2cc(C)cc(C)c2)cc1. The summed E-state index contributed by atoms with van der Waals surface area (Å²) in [5, 5.41) is 8.71. The van der Waals surface area contributed by atoms with Crippen molar-refractivity contribution in [3.05, 3.63) is 53.6 Å². The van der Waals surface area contributed by atoms with Gasteiger partial charge in [0.25, 0.3) is 0 Å². The first kappa shape index (κ1) is 17.5. The van der Waals surface area contributed by atoms with Crippen LogP contribution in [0.1, 0.15) is 24.5 Å². The van der Waals surface area contributed by atoms with Crippen molar-refractivity contribution in [3.8, 4) is 0 Å². The Morgan fingerprint density at radius 1 is 0.792 bits per heavy atom. The Hall–Kier alpha value is -2.82. The zero-order chi connectivity index (χ0) is 17.5. The summed E-state index contributed by atoms with van der Waals surface area (Å²) in [5.74, 6) is -0.163. The number of hydrogen-bond acceptors (Lipinski definition) is 3. The topological polar surface area (TPSA) is 70.2 Å². The van der Waals surface area contributed by atoms with E-state index in [0.717, 1.165) is 16.8 Å². The van der Waals surface area contributed by atoms with Gasteiger partial charge in [0.05, 0.1) is 6.54 Å². The predicted octanol–water partition coefficient (Wildman–Crippen LogP) is 3.70. The van der Waals surface area contributed by atoms with Crippen LogP contribution in [-0.2, 0) is 9.59 Å². The predicted molar refractivity (Wildman–Crippen MR) is 98.4 cm³/mol. The van der Waals surface area contributed by atoms with Gasteiger partial charge in [0, 0.05) is 23.5 Å². The normalized spacial score (nSPS) is 10.1. The molecule has 0 aromatic heterocycles. The van der Waals surface area contributed by atoms with Crippen molar-refractivity contribution in [2.45, 2.75) is 27.2 Å². The van der Waals surface area contributed by atoms with E-state index >= 15 is 0 Å². The molecular weight excluding hydrogens is 302 g/mol. The second-order valence-corrected chi connectivity index (χ2v) is 5.76. The molecule has 0 radical (unpaired) electrons. The first-order chi connectivity index (χ1) is 11.5. The van der Waals surface area contributed by atoms with Gasteiger partial charge in [-0.15, -0.1) is 0 Å². The number of amides is 2. The van der Waals surface area contributed by atoms with Gasteiger partial charge in [-0.25, -0.2) is 0 Å². The average molecular weight is 325 g/mol. The summed E-state index contributed by atoms with van der Waals surface area (Å²) in [6.45, 7) is 6.04. The third kappa shape index (κ3) is 5.43. The number of carbonyl (C=O) groups is 2. The van der Waals surface area contributed by atoms with E-state index in [2.05, 4.69) is 22.0 Å². The second kappa shape index (κ2) is 8.15. The molecular formula is C19H23N3O2. The molecule has 2 aromatic carbocycles. The van der Waals surface area contributed by atoms with Crippen LogP contribution in [0.3, 0.4) is 0 Å². The fourth-order valence-corrected chi connectivity index (χ4v) is 2.35. The second-order valence-electron chi connectivity index (χ2n) is 5.76. The number of hydrogen-bond donors (Lipinski definition) is 3. The average Bonchev–Trinajstić information content (AvgIpc) is 2.54. The van der Waals surface area contributed by atoms with Crippen LogP contribution in [0.5, 0.6) is 0 Å². The van der Waals surface area contributed by atoms with E-state index in [9.17, 15) is 9.59 Å². The third-order valence-electron chi connectivity index (χ3n) is 3.45. The molecule has 0 saturated carbocycles. The summed E-state index contributed by atoms with van der Waals surface area (Å²) >= 11 is 0. The van der Waals surface area contributed by atoms with Crippen molar-refractivity contribution in [1.82, 2.24) is 0 Å². The Morgan fingerprint density at radius 2 is 1.29 bits per heavy atom. The van der Waals surface area contributed by atoms with Crippen LogP contribution in [0.25, 0.3) is 0 Å². The van der Waals surface area contributed by atoms with E-state index in [1.807, 2.05) is 26.0 Å². The van der Waals surface area contributed by atoms with Crippen LogP contribution in [-0.4, -0.2) is 18.4 Å². The molecule has 2 amide bonds. The Bertz CT molecular complexity index is 704. The number of aryl methyl sites for hydroxylation is 2. The van der Waals surface area contributed by atoms with Crippen LogP contribution in [0, 0.1) is 13.8 Å². The molecule has 0 aliphatic carbocycles. The lowest BCUT2D eigenvalue weighted by Crippen LogP contribution is -2.21. The summed E-state index contributed by atoms with van der Waals surface area (Å²) in [7, 11) is 0. The van der Waals surface area contributed by atoms with E-state index in [1.165, 1.54) is 0 Å². The highest BCUT2D eigenvalue weighted by molar-refractivity contribution is 5.94. The molecule has 2 rings (SSSR count). The Balaban J connectivity index is 1.86. The zero-order valence-electron chi connectivity index (χ0n) is 14.3. The Kier molecular flexibility index (Phi) is 5.95. The highest BCUT2D eigenvalue weighted by Gasteiger charge is 2.04. The van der Waals surface area contributed by atoms with E-state index in [4.69, 9.17) is 0 Å². The standard InChI is InChI=1S/C19H23N3O2/c1-4-18(23)21-15-5-7-16(8-6-15)22-19(24)12-20-17-10-13(2)9-14(3)11-17/h5-11,20H,4,12H2,1-3H3,(H,21,23)(H,22,24). The fraction of sp³-hybridized carbons (Fsp3) is 0.263. The van der Waals surface area contributed by atoms with Gasteiger partial charge < -0.3 is 16.0 Å². The van der Waals surface area contributed by atoms with Crippen LogP contribution < -0.4 is 16.0 Å². The lowest BCUT2D eigenvalue weighted by Gasteiger charge is -2.10. The summed E-state index contributed by atoms with van der Waals surface area (Å²) in [4.78, 5) is 23.3. The van der Waals surface area contributed by atoms with Gasteiger partial charge in [0.15, 0.2) is 0 Å². The van der Waals surface area contributed by atoms with E-state index in [0.29, 0.717) is 17.8 Å². The quantitative estimate of drug-likeness (QED) is 0.758. The van der Waals surface area contributed by atoms with Gasteiger partial charge in [-0.05, 0) is 61.4 Å². The van der Waals surface area contributed by atoms with E-state index < -0.39 is 0 Å². The number of nitrogens with one attached hydrogen (secondary N) is 3. The summed E-state index contributed by atoms with van der Waals surface area (Å²) in [5.41, 5.74) is 4.65. The molecule has 3 N–H and O–H groups in total. The zero-order valence-corrected chi connectivity index (χ0v) is 14.3. The van der Waals surface area contributed by atoms with Crippen molar-refractivity contribution in [2.75, 3.05) is 22.5 Å². The number of benzene rings is 2. The third-order valence-corrected chi connectivity index (χ3v) is 3.45. The smallest absolute Gasteiger partial charge is 0.243 e. The lowest BCUT2D eigenvalue weighted by molar-refractivity contribution is -0.116. The van der Waals surface area contributed by atoms with Crippen molar-refractivity contribution >= 4 is 28.9 Å². The molecule has 5 heteroatoms. The van der Waals surface area contributed by atoms with Gasteiger partial charge in [0.1, 0.15) is 0 Å². The Morgan fingerprint density at radius 3 is 1.79 bits per heavy atom. The van der Waals surface area contributed by atoms with Gasteiger partial charge in [-0.3, -0.25) is 9.59 Å². The minimum atomic E-state index is -0.125. The molecule has 0 aliphatic rings. The number of carbonyl (C=O) groups excluding carboxylic acids is 2. The first-order valence-corrected chi connectivity index (χ1v) is 7.98. The molecule has 0 unspecified atom stereocenters. The van der Waals surface area contributed by atoms with Crippen molar-refractivity contribution < 1.29 is 9.59 Å². The highest BCUT2D eigenvalue weighted by atomic mass is 16.2. The van der Waals surface area contributed by atoms with Crippen LogP contribution >= 0.6 is 0 Å². The molecule has 5 nitrogen and oxygen atoms in total. The van der Waals surface area contributed by atoms with Crippen molar-refractivity contribution in [1.29, 1.82) is 0 Å². The molecule has 2 aromatic rings. The lowest BCUT2D eigenvalue weighted by atomic mass is 10.1. The fourth-order valence-electron chi connectivity index (χ4n) is 2.35. The summed E-state index contributed by atoms with van der Waals surface area (Å²) < 4.78 is 0. The molecule has 0 bridgehead atoms.